The molecule has 10 heteroatoms. The smallest absolute Gasteiger partial charge is 0.306 e. The number of ether oxygens (including phenoxy) is 2. The first-order valence-corrected chi connectivity index (χ1v) is 24.1. The van der Waals surface area contributed by atoms with Crippen LogP contribution in [0, 0.1) is 0 Å². The summed E-state index contributed by atoms with van der Waals surface area (Å²) in [5, 5.41) is 0. The minimum atomic E-state index is -4.65. The van der Waals surface area contributed by atoms with Crippen LogP contribution in [0.25, 0.3) is 0 Å². The molecular weight excluding hydrogens is 750 g/mol. The largest absolute Gasteiger partial charge is 0.756 e. The summed E-state index contributed by atoms with van der Waals surface area (Å²) in [6.45, 7) is 5.62. The summed E-state index contributed by atoms with van der Waals surface area (Å²) in [5.41, 5.74) is 0. The topological polar surface area (TPSA) is 111 Å². The van der Waals surface area contributed by atoms with Crippen molar-refractivity contribution in [1.82, 2.24) is 0 Å². The Bertz CT molecular complexity index is 1200. The van der Waals surface area contributed by atoms with Gasteiger partial charge in [0.05, 0.1) is 27.7 Å². The number of rotatable bonds is 41. The lowest BCUT2D eigenvalue weighted by Gasteiger charge is -2.28. The summed E-state index contributed by atoms with van der Waals surface area (Å²) < 4.78 is 33.8. The van der Waals surface area contributed by atoms with Crippen molar-refractivity contribution in [3.8, 4) is 0 Å². The van der Waals surface area contributed by atoms with E-state index in [-0.39, 0.29) is 26.1 Å². The normalized spacial score (nSPS) is 14.0. The van der Waals surface area contributed by atoms with Crippen molar-refractivity contribution in [3.05, 3.63) is 73.4 Å². The Morgan fingerprint density at radius 1 is 0.586 bits per heavy atom. The van der Waals surface area contributed by atoms with Gasteiger partial charge < -0.3 is 27.9 Å². The van der Waals surface area contributed by atoms with Gasteiger partial charge in [0.25, 0.3) is 7.82 Å². The van der Waals surface area contributed by atoms with Crippen LogP contribution >= 0.6 is 7.82 Å². The molecular formula is C48H84NO8P. The number of esters is 2. The molecule has 0 fully saturated rings. The number of carbonyl (C=O) groups excluding carboxylic acids is 2. The van der Waals surface area contributed by atoms with Gasteiger partial charge in [0, 0.05) is 12.8 Å². The molecule has 0 N–H and O–H groups in total. The summed E-state index contributed by atoms with van der Waals surface area (Å²) in [7, 11) is 1.11. The summed E-state index contributed by atoms with van der Waals surface area (Å²) in [4.78, 5) is 37.5. The van der Waals surface area contributed by atoms with Crippen LogP contribution in [-0.4, -0.2) is 70.0 Å². The van der Waals surface area contributed by atoms with Crippen molar-refractivity contribution in [2.75, 3.05) is 47.5 Å². The van der Waals surface area contributed by atoms with E-state index in [0.29, 0.717) is 17.4 Å². The van der Waals surface area contributed by atoms with Crippen LogP contribution in [0.1, 0.15) is 167 Å². The molecule has 0 bridgehead atoms. The van der Waals surface area contributed by atoms with E-state index in [2.05, 4.69) is 62.1 Å². The van der Waals surface area contributed by atoms with Gasteiger partial charge >= 0.3 is 11.9 Å². The molecule has 1 unspecified atom stereocenters. The van der Waals surface area contributed by atoms with E-state index in [9.17, 15) is 19.0 Å². The molecule has 334 valence electrons. The third kappa shape index (κ3) is 43.0. The molecule has 0 saturated carbocycles. The predicted molar refractivity (Wildman–Crippen MR) is 240 cm³/mol. The van der Waals surface area contributed by atoms with E-state index in [1.807, 2.05) is 39.4 Å². The van der Waals surface area contributed by atoms with Crippen LogP contribution in [0.5, 0.6) is 0 Å². The third-order valence-electron chi connectivity index (χ3n) is 9.36. The highest BCUT2D eigenvalue weighted by Crippen LogP contribution is 2.38. The Kier molecular flexibility index (Phi) is 38.1. The standard InChI is InChI=1S/C48H84NO8P/c1-6-8-10-12-14-16-18-20-22-23-24-25-27-29-31-33-35-37-39-41-48(51)57-46(45-56-58(52,53)55-43-42-49(3,4)5)44-54-47(50)40-38-36-34-32-30-28-26-21-19-17-15-13-11-9-7-2/h7,14,16,20,22,24-25,29,31,35,37,46H,2,6,8-13,15,17-19,21,23,26-28,30,32-34,36,38-45H2,1,3-5H3/b16-14+,22-20+,25-24+,31-29+,37-35+/t46-/m1/s1. The zero-order valence-electron chi connectivity index (χ0n) is 37.3. The van der Waals surface area contributed by atoms with Gasteiger partial charge in [0.15, 0.2) is 6.10 Å². The van der Waals surface area contributed by atoms with Crippen LogP contribution < -0.4 is 4.89 Å². The van der Waals surface area contributed by atoms with E-state index in [4.69, 9.17) is 18.5 Å². The second-order valence-corrected chi connectivity index (χ2v) is 17.6. The Balaban J connectivity index is 4.47. The second kappa shape index (κ2) is 39.9. The number of hydrogen-bond acceptors (Lipinski definition) is 8. The Labute approximate surface area is 355 Å². The molecule has 0 rings (SSSR count). The number of hydrogen-bond donors (Lipinski definition) is 0. The Hall–Kier alpha value is -2.55. The average Bonchev–Trinajstić information content (AvgIpc) is 3.17. The van der Waals surface area contributed by atoms with E-state index < -0.39 is 32.5 Å². The molecule has 0 aliphatic carbocycles. The van der Waals surface area contributed by atoms with Crippen LogP contribution in [0.3, 0.4) is 0 Å². The zero-order chi connectivity index (χ0) is 42.8. The van der Waals surface area contributed by atoms with Crippen molar-refractivity contribution in [3.63, 3.8) is 0 Å². The first-order valence-electron chi connectivity index (χ1n) is 22.6. The van der Waals surface area contributed by atoms with Crippen LogP contribution in [0.15, 0.2) is 73.4 Å². The molecule has 0 aromatic rings. The van der Waals surface area contributed by atoms with Gasteiger partial charge in [0.2, 0.25) is 0 Å². The molecule has 0 heterocycles. The predicted octanol–water partition coefficient (Wildman–Crippen LogP) is 12.4. The van der Waals surface area contributed by atoms with E-state index in [1.165, 1.54) is 83.5 Å². The van der Waals surface area contributed by atoms with E-state index >= 15 is 0 Å². The zero-order valence-corrected chi connectivity index (χ0v) is 38.2. The van der Waals surface area contributed by atoms with Gasteiger partial charge in [-0.05, 0) is 64.2 Å². The van der Waals surface area contributed by atoms with E-state index in [0.717, 1.165) is 57.8 Å². The highest BCUT2D eigenvalue weighted by Gasteiger charge is 2.21. The summed E-state index contributed by atoms with van der Waals surface area (Å²) in [6.07, 6.45) is 48.3. The Morgan fingerprint density at radius 2 is 1.05 bits per heavy atom. The minimum Gasteiger partial charge on any atom is -0.756 e. The maximum absolute atomic E-state index is 12.7. The van der Waals surface area contributed by atoms with E-state index in [1.54, 1.807) is 0 Å². The molecule has 0 aliphatic rings. The SMILES string of the molecule is C=CCCCCCCCCCCCCCCCC(=O)OC[C@H](COP(=O)([O-])OCC[N+](C)(C)C)OC(=O)CC/C=C/C/C=C/C/C=C/C/C=C/C/C=C/CCCCC. The lowest BCUT2D eigenvalue weighted by molar-refractivity contribution is -0.870. The Morgan fingerprint density at radius 3 is 1.55 bits per heavy atom. The third-order valence-corrected chi connectivity index (χ3v) is 10.3. The fourth-order valence-corrected chi connectivity index (χ4v) is 6.52. The molecule has 0 amide bonds. The molecule has 0 radical (unpaired) electrons. The molecule has 0 spiro atoms. The van der Waals surface area contributed by atoms with Crippen molar-refractivity contribution >= 4 is 19.8 Å². The van der Waals surface area contributed by atoms with Crippen LogP contribution in [-0.2, 0) is 32.7 Å². The first-order chi connectivity index (χ1) is 28.0. The van der Waals surface area contributed by atoms with Gasteiger partial charge in [0.1, 0.15) is 19.8 Å². The van der Waals surface area contributed by atoms with Gasteiger partial charge in [-0.15, -0.1) is 6.58 Å². The molecule has 0 saturated heterocycles. The van der Waals surface area contributed by atoms with Crippen molar-refractivity contribution in [2.45, 2.75) is 174 Å². The number of phosphoric ester groups is 1. The summed E-state index contributed by atoms with van der Waals surface area (Å²) >= 11 is 0. The highest BCUT2D eigenvalue weighted by molar-refractivity contribution is 7.45. The number of quaternary nitrogens is 1. The van der Waals surface area contributed by atoms with Crippen molar-refractivity contribution < 1.29 is 42.1 Å². The molecule has 0 aliphatic heterocycles. The number of carbonyl (C=O) groups is 2. The van der Waals surface area contributed by atoms with Crippen molar-refractivity contribution in [2.24, 2.45) is 0 Å². The van der Waals surface area contributed by atoms with Crippen LogP contribution in [0.4, 0.5) is 0 Å². The average molecular weight is 834 g/mol. The molecule has 9 nitrogen and oxygen atoms in total. The fourth-order valence-electron chi connectivity index (χ4n) is 5.79. The lowest BCUT2D eigenvalue weighted by atomic mass is 10.0. The van der Waals surface area contributed by atoms with Crippen molar-refractivity contribution in [1.29, 1.82) is 0 Å². The lowest BCUT2D eigenvalue weighted by Crippen LogP contribution is -2.37. The maximum Gasteiger partial charge on any atom is 0.306 e. The second-order valence-electron chi connectivity index (χ2n) is 16.1. The quantitative estimate of drug-likeness (QED) is 0.0197. The van der Waals surface area contributed by atoms with Gasteiger partial charge in [-0.2, -0.15) is 0 Å². The number of unbranched alkanes of at least 4 members (excludes halogenated alkanes) is 16. The fraction of sp³-hybridized carbons (Fsp3) is 0.708. The minimum absolute atomic E-state index is 0.0476. The summed E-state index contributed by atoms with van der Waals surface area (Å²) in [6, 6.07) is 0. The molecule has 2 atom stereocenters. The number of likely N-dealkylation sites (N-methyl/N-ethyl adjacent to an activating group) is 1. The molecule has 0 aromatic heterocycles. The first kappa shape index (κ1) is 55.5. The van der Waals surface area contributed by atoms with Gasteiger partial charge in [-0.1, -0.05) is 157 Å². The highest BCUT2D eigenvalue weighted by atomic mass is 31.2. The summed E-state index contributed by atoms with van der Waals surface area (Å²) in [5.74, 6) is -0.937. The molecule has 58 heavy (non-hydrogen) atoms. The number of phosphoric acid groups is 1. The van der Waals surface area contributed by atoms with Crippen LogP contribution in [0.2, 0.25) is 0 Å². The maximum atomic E-state index is 12.7. The molecule has 0 aromatic carbocycles. The number of allylic oxidation sites excluding steroid dienone is 11. The van der Waals surface area contributed by atoms with Gasteiger partial charge in [-0.3, -0.25) is 14.2 Å². The number of nitrogens with zero attached hydrogens (tertiary/aromatic N) is 1. The monoisotopic (exact) mass is 834 g/mol. The van der Waals surface area contributed by atoms with Gasteiger partial charge in [-0.25, -0.2) is 0 Å².